The summed E-state index contributed by atoms with van der Waals surface area (Å²) in [4.78, 5) is 15.2. The fraction of sp³-hybridized carbons (Fsp3) is 0.533. The van der Waals surface area contributed by atoms with E-state index in [4.69, 9.17) is 5.11 Å². The Morgan fingerprint density at radius 3 is 2.80 bits per heavy atom. The van der Waals surface area contributed by atoms with E-state index in [1.807, 2.05) is 4.90 Å². The summed E-state index contributed by atoms with van der Waals surface area (Å²) in [5.74, 6) is -0.724. The third-order valence-electron chi connectivity index (χ3n) is 4.41. The lowest BCUT2D eigenvalue weighted by molar-refractivity contribution is -0.141. The summed E-state index contributed by atoms with van der Waals surface area (Å²) in [6.07, 6.45) is 1.17. The van der Waals surface area contributed by atoms with Gasteiger partial charge in [-0.2, -0.15) is 0 Å². The summed E-state index contributed by atoms with van der Waals surface area (Å²) in [5, 5.41) is 8.82. The highest BCUT2D eigenvalue weighted by Gasteiger charge is 2.47. The molecular formula is C15H19BrN2O2. The fourth-order valence-electron chi connectivity index (χ4n) is 3.58. The van der Waals surface area contributed by atoms with E-state index in [-0.39, 0.29) is 6.54 Å². The first-order valence-electron chi connectivity index (χ1n) is 6.93. The van der Waals surface area contributed by atoms with Crippen LogP contribution in [0.4, 0.5) is 5.69 Å². The Balaban J connectivity index is 1.65. The Morgan fingerprint density at radius 2 is 2.15 bits per heavy atom. The first-order valence-corrected chi connectivity index (χ1v) is 7.72. The predicted molar refractivity (Wildman–Crippen MR) is 82.2 cm³/mol. The Labute approximate surface area is 127 Å². The van der Waals surface area contributed by atoms with E-state index in [2.05, 4.69) is 46.0 Å². The number of aryl methyl sites for hydroxylation is 1. The highest BCUT2D eigenvalue weighted by molar-refractivity contribution is 9.10. The molecule has 108 valence electrons. The highest BCUT2D eigenvalue weighted by Crippen LogP contribution is 2.41. The van der Waals surface area contributed by atoms with Crippen molar-refractivity contribution >= 4 is 27.6 Å². The monoisotopic (exact) mass is 338 g/mol. The van der Waals surface area contributed by atoms with Crippen LogP contribution in [-0.2, 0) is 4.79 Å². The Morgan fingerprint density at radius 1 is 1.40 bits per heavy atom. The van der Waals surface area contributed by atoms with Gasteiger partial charge < -0.3 is 10.0 Å². The molecule has 2 saturated heterocycles. The third-order valence-corrected chi connectivity index (χ3v) is 4.91. The highest BCUT2D eigenvalue weighted by atomic mass is 79.9. The number of rotatable bonds is 3. The molecule has 0 aliphatic carbocycles. The van der Waals surface area contributed by atoms with E-state index in [1.54, 1.807) is 0 Å². The van der Waals surface area contributed by atoms with Gasteiger partial charge >= 0.3 is 5.97 Å². The van der Waals surface area contributed by atoms with Gasteiger partial charge in [0.1, 0.15) is 0 Å². The van der Waals surface area contributed by atoms with Gasteiger partial charge in [0.05, 0.1) is 6.54 Å². The number of benzene rings is 1. The number of aliphatic carboxylic acids is 1. The molecule has 5 heteroatoms. The van der Waals surface area contributed by atoms with Gasteiger partial charge in [-0.05, 0) is 37.1 Å². The number of anilines is 1. The van der Waals surface area contributed by atoms with Crippen molar-refractivity contribution in [1.29, 1.82) is 0 Å². The number of carboxylic acid groups (broad SMARTS) is 1. The lowest BCUT2D eigenvalue weighted by Gasteiger charge is -2.47. The molecule has 0 atom stereocenters. The smallest absolute Gasteiger partial charge is 0.317 e. The molecule has 2 aliphatic rings. The van der Waals surface area contributed by atoms with Crippen LogP contribution in [0.5, 0.6) is 0 Å². The molecule has 2 heterocycles. The average Bonchev–Trinajstić information content (AvgIpc) is 2.72. The minimum absolute atomic E-state index is 0.180. The molecule has 2 fully saturated rings. The van der Waals surface area contributed by atoms with Gasteiger partial charge in [0.15, 0.2) is 0 Å². The number of nitrogens with zero attached hydrogens (tertiary/aromatic N) is 2. The number of hydrogen-bond acceptors (Lipinski definition) is 3. The molecule has 4 nitrogen and oxygen atoms in total. The van der Waals surface area contributed by atoms with Crippen LogP contribution in [0.1, 0.15) is 12.0 Å². The zero-order chi connectivity index (χ0) is 14.3. The number of carbonyl (C=O) groups is 1. The summed E-state index contributed by atoms with van der Waals surface area (Å²) in [6, 6.07) is 6.41. The summed E-state index contributed by atoms with van der Waals surface area (Å²) in [6.45, 7) is 6.29. The van der Waals surface area contributed by atoms with Crippen LogP contribution in [0.25, 0.3) is 0 Å². The van der Waals surface area contributed by atoms with Gasteiger partial charge in [-0.1, -0.05) is 15.9 Å². The van der Waals surface area contributed by atoms with Gasteiger partial charge in [0, 0.05) is 41.8 Å². The van der Waals surface area contributed by atoms with Gasteiger partial charge in [-0.15, -0.1) is 0 Å². The standard InChI is InChI=1S/C15H19BrN2O2/c1-11-6-12(16)2-3-13(11)18-5-4-15(10-18)8-17(9-15)7-14(19)20/h2-3,6H,4-5,7-10H2,1H3,(H,19,20). The summed E-state index contributed by atoms with van der Waals surface area (Å²) in [5.41, 5.74) is 2.91. The van der Waals surface area contributed by atoms with Crippen molar-refractivity contribution in [2.45, 2.75) is 13.3 Å². The second-order valence-corrected chi connectivity index (χ2v) is 7.06. The maximum Gasteiger partial charge on any atom is 0.317 e. The minimum atomic E-state index is -0.724. The molecule has 1 spiro atoms. The van der Waals surface area contributed by atoms with Crippen molar-refractivity contribution in [2.24, 2.45) is 5.41 Å². The zero-order valence-electron chi connectivity index (χ0n) is 11.6. The maximum atomic E-state index is 10.7. The number of likely N-dealkylation sites (tertiary alicyclic amines) is 1. The second kappa shape index (κ2) is 5.04. The van der Waals surface area contributed by atoms with Crippen LogP contribution in [0.3, 0.4) is 0 Å². The topological polar surface area (TPSA) is 43.8 Å². The van der Waals surface area contributed by atoms with E-state index in [0.717, 1.165) is 30.7 Å². The van der Waals surface area contributed by atoms with Crippen molar-refractivity contribution in [3.63, 3.8) is 0 Å². The van der Waals surface area contributed by atoms with Crippen LogP contribution in [0, 0.1) is 12.3 Å². The van der Waals surface area contributed by atoms with E-state index in [9.17, 15) is 4.79 Å². The summed E-state index contributed by atoms with van der Waals surface area (Å²) < 4.78 is 1.11. The van der Waals surface area contributed by atoms with Crippen molar-refractivity contribution in [3.05, 3.63) is 28.2 Å². The largest absolute Gasteiger partial charge is 0.480 e. The predicted octanol–water partition coefficient (Wildman–Crippen LogP) is 2.35. The Kier molecular flexibility index (Phi) is 3.50. The molecule has 1 N–H and O–H groups in total. The lowest BCUT2D eigenvalue weighted by Crippen LogP contribution is -2.58. The molecule has 0 aromatic heterocycles. The SMILES string of the molecule is Cc1cc(Br)ccc1N1CCC2(CN(CC(=O)O)C2)C1. The average molecular weight is 339 g/mol. The Bertz CT molecular complexity index is 541. The maximum absolute atomic E-state index is 10.7. The molecule has 1 aromatic rings. The van der Waals surface area contributed by atoms with Crippen LogP contribution in [0.2, 0.25) is 0 Å². The van der Waals surface area contributed by atoms with Crippen LogP contribution in [0.15, 0.2) is 22.7 Å². The van der Waals surface area contributed by atoms with Gasteiger partial charge in [0.25, 0.3) is 0 Å². The van der Waals surface area contributed by atoms with Gasteiger partial charge in [-0.25, -0.2) is 0 Å². The molecule has 1 aromatic carbocycles. The second-order valence-electron chi connectivity index (χ2n) is 6.14. The normalized spacial score (nSPS) is 21.2. The van der Waals surface area contributed by atoms with Crippen molar-refractivity contribution < 1.29 is 9.90 Å². The lowest BCUT2D eigenvalue weighted by atomic mass is 9.79. The van der Waals surface area contributed by atoms with Crippen LogP contribution >= 0.6 is 15.9 Å². The molecule has 0 unspecified atom stereocenters. The number of halogens is 1. The zero-order valence-corrected chi connectivity index (χ0v) is 13.2. The minimum Gasteiger partial charge on any atom is -0.480 e. The molecular weight excluding hydrogens is 320 g/mol. The molecule has 0 radical (unpaired) electrons. The third kappa shape index (κ3) is 2.56. The summed E-state index contributed by atoms with van der Waals surface area (Å²) >= 11 is 3.50. The van der Waals surface area contributed by atoms with Crippen LogP contribution < -0.4 is 4.90 Å². The molecule has 0 bridgehead atoms. The first-order chi connectivity index (χ1) is 9.47. The molecule has 3 rings (SSSR count). The van der Waals surface area contributed by atoms with Gasteiger partial charge in [-0.3, -0.25) is 9.69 Å². The first kappa shape index (κ1) is 13.9. The van der Waals surface area contributed by atoms with Gasteiger partial charge in [0.2, 0.25) is 0 Å². The fourth-order valence-corrected chi connectivity index (χ4v) is 4.05. The molecule has 0 amide bonds. The van der Waals surface area contributed by atoms with Crippen LogP contribution in [-0.4, -0.2) is 48.7 Å². The quantitative estimate of drug-likeness (QED) is 0.918. The van der Waals surface area contributed by atoms with E-state index in [1.165, 1.54) is 17.7 Å². The van der Waals surface area contributed by atoms with E-state index >= 15 is 0 Å². The molecule has 2 aliphatic heterocycles. The Hall–Kier alpha value is -1.07. The van der Waals surface area contributed by atoms with Crippen molar-refractivity contribution in [2.75, 3.05) is 37.6 Å². The number of hydrogen-bond donors (Lipinski definition) is 1. The molecule has 20 heavy (non-hydrogen) atoms. The van der Waals surface area contributed by atoms with Crippen molar-refractivity contribution in [3.8, 4) is 0 Å². The number of carboxylic acids is 1. The summed E-state index contributed by atoms with van der Waals surface area (Å²) in [7, 11) is 0. The van der Waals surface area contributed by atoms with Crippen molar-refractivity contribution in [1.82, 2.24) is 4.90 Å². The molecule has 0 saturated carbocycles. The van der Waals surface area contributed by atoms with E-state index in [0.29, 0.717) is 5.41 Å². The van der Waals surface area contributed by atoms with E-state index < -0.39 is 5.97 Å².